The van der Waals surface area contributed by atoms with E-state index in [2.05, 4.69) is 0 Å². The number of hydrogen-bond donors (Lipinski definition) is 0. The van der Waals surface area contributed by atoms with E-state index in [1.807, 2.05) is 0 Å². The first-order valence-electron chi connectivity index (χ1n) is 4.30. The van der Waals surface area contributed by atoms with Crippen molar-refractivity contribution in [3.8, 4) is 6.07 Å². The van der Waals surface area contributed by atoms with E-state index < -0.39 is 34.8 Å². The van der Waals surface area contributed by atoms with Crippen molar-refractivity contribution in [2.75, 3.05) is 0 Å². The monoisotopic (exact) mass is 267 g/mol. The predicted molar refractivity (Wildman–Crippen MR) is 46.4 cm³/mol. The molecule has 0 radical (unpaired) electrons. The summed E-state index contributed by atoms with van der Waals surface area (Å²) in [6, 6.07) is 2.68. The van der Waals surface area contributed by atoms with Crippen LogP contribution in [0.2, 0.25) is 0 Å². The maximum atomic E-state index is 13.0. The van der Waals surface area contributed by atoms with Crippen molar-refractivity contribution in [3.05, 3.63) is 35.1 Å². The van der Waals surface area contributed by atoms with Crippen LogP contribution < -0.4 is 0 Å². The molecule has 0 aliphatic rings. The molecule has 0 saturated heterocycles. The molecule has 8 heteroatoms. The van der Waals surface area contributed by atoms with Crippen molar-refractivity contribution in [3.63, 3.8) is 0 Å². The molecule has 18 heavy (non-hydrogen) atoms. The molecular formula is C10H3F6NO. The minimum Gasteiger partial charge on any atom is -0.287 e. The second kappa shape index (κ2) is 4.33. The van der Waals surface area contributed by atoms with E-state index in [-0.39, 0.29) is 6.07 Å². The number of hydrogen-bond acceptors (Lipinski definition) is 2. The number of carbonyl (C=O) groups is 1. The summed E-state index contributed by atoms with van der Waals surface area (Å²) >= 11 is 0. The fourth-order valence-electron chi connectivity index (χ4n) is 1.06. The Bertz CT molecular complexity index is 528. The van der Waals surface area contributed by atoms with Crippen LogP contribution in [-0.4, -0.2) is 17.9 Å². The average molecular weight is 267 g/mol. The minimum atomic E-state index is -6.06. The number of alkyl halides is 5. The topological polar surface area (TPSA) is 40.9 Å². The maximum absolute atomic E-state index is 13.0. The molecular weight excluding hydrogens is 264 g/mol. The van der Waals surface area contributed by atoms with Gasteiger partial charge in [-0.15, -0.1) is 0 Å². The molecule has 0 unspecified atom stereocenters. The molecule has 1 aromatic rings. The molecule has 0 spiro atoms. The van der Waals surface area contributed by atoms with Crippen LogP contribution in [0.1, 0.15) is 15.9 Å². The van der Waals surface area contributed by atoms with Gasteiger partial charge in [-0.05, 0) is 18.2 Å². The maximum Gasteiger partial charge on any atom is 0.461 e. The average Bonchev–Trinajstić information content (AvgIpc) is 2.26. The Balaban J connectivity index is 3.21. The molecule has 0 aliphatic heterocycles. The second-order valence-electron chi connectivity index (χ2n) is 3.21. The van der Waals surface area contributed by atoms with Gasteiger partial charge < -0.3 is 0 Å². The Morgan fingerprint density at radius 1 is 1.17 bits per heavy atom. The third-order valence-electron chi connectivity index (χ3n) is 1.99. The molecule has 1 rings (SSSR count). The zero-order chi connectivity index (χ0) is 14.1. The number of Topliss-reactive ketones (excluding diaryl/α,β-unsaturated/α-hetero) is 1. The number of rotatable bonds is 2. The van der Waals surface area contributed by atoms with Crippen LogP contribution in [-0.2, 0) is 0 Å². The van der Waals surface area contributed by atoms with E-state index >= 15 is 0 Å². The fourth-order valence-corrected chi connectivity index (χ4v) is 1.06. The van der Waals surface area contributed by atoms with Gasteiger partial charge >= 0.3 is 12.1 Å². The zero-order valence-electron chi connectivity index (χ0n) is 8.36. The smallest absolute Gasteiger partial charge is 0.287 e. The number of nitriles is 1. The molecule has 1 aromatic carbocycles. The van der Waals surface area contributed by atoms with Gasteiger partial charge in [-0.3, -0.25) is 4.79 Å². The van der Waals surface area contributed by atoms with E-state index in [4.69, 9.17) is 5.26 Å². The van der Waals surface area contributed by atoms with E-state index in [1.54, 1.807) is 0 Å². The molecule has 0 aromatic heterocycles. The first-order valence-corrected chi connectivity index (χ1v) is 4.30. The van der Waals surface area contributed by atoms with Gasteiger partial charge in [0.05, 0.1) is 5.56 Å². The van der Waals surface area contributed by atoms with Gasteiger partial charge in [0.15, 0.2) is 0 Å². The minimum absolute atomic E-state index is 0.167. The van der Waals surface area contributed by atoms with E-state index in [1.165, 1.54) is 6.07 Å². The highest BCUT2D eigenvalue weighted by Gasteiger charge is 2.63. The molecule has 0 heterocycles. The number of ketones is 1. The molecule has 0 fully saturated rings. The SMILES string of the molecule is N#Cc1ccc(C(=O)C(F)(F)C(F)(F)F)cc1F. The fraction of sp³-hybridized carbons (Fsp3) is 0.200. The van der Waals surface area contributed by atoms with Crippen molar-refractivity contribution >= 4 is 5.78 Å². The summed E-state index contributed by atoms with van der Waals surface area (Å²) in [7, 11) is 0. The van der Waals surface area contributed by atoms with Crippen LogP contribution in [0.25, 0.3) is 0 Å². The third-order valence-corrected chi connectivity index (χ3v) is 1.99. The number of benzene rings is 1. The summed E-state index contributed by atoms with van der Waals surface area (Å²) in [6.07, 6.45) is -6.06. The summed E-state index contributed by atoms with van der Waals surface area (Å²) in [5, 5.41) is 8.33. The van der Waals surface area contributed by atoms with Crippen molar-refractivity contribution in [2.45, 2.75) is 12.1 Å². The second-order valence-corrected chi connectivity index (χ2v) is 3.21. The van der Waals surface area contributed by atoms with E-state index in [0.717, 1.165) is 0 Å². The first-order chi connectivity index (χ1) is 8.11. The molecule has 0 N–H and O–H groups in total. The Kier molecular flexibility index (Phi) is 3.37. The normalized spacial score (nSPS) is 12.1. The highest BCUT2D eigenvalue weighted by Crippen LogP contribution is 2.38. The van der Waals surface area contributed by atoms with E-state index in [9.17, 15) is 31.1 Å². The molecule has 96 valence electrons. The molecule has 0 aliphatic carbocycles. The van der Waals surface area contributed by atoms with Crippen molar-refractivity contribution in [1.82, 2.24) is 0 Å². The largest absolute Gasteiger partial charge is 0.461 e. The van der Waals surface area contributed by atoms with E-state index in [0.29, 0.717) is 12.1 Å². The summed E-state index contributed by atoms with van der Waals surface area (Å²) in [5.74, 6) is -9.52. The molecule has 0 bridgehead atoms. The number of nitrogens with zero attached hydrogens (tertiary/aromatic N) is 1. The van der Waals surface area contributed by atoms with Gasteiger partial charge in [0, 0.05) is 5.56 Å². The molecule has 2 nitrogen and oxygen atoms in total. The summed E-state index contributed by atoms with van der Waals surface area (Å²) < 4.78 is 74.0. The van der Waals surface area contributed by atoms with Crippen LogP contribution in [0.15, 0.2) is 18.2 Å². The summed E-state index contributed by atoms with van der Waals surface area (Å²) in [5.41, 5.74) is -1.73. The van der Waals surface area contributed by atoms with Gasteiger partial charge in [-0.25, -0.2) is 4.39 Å². The van der Waals surface area contributed by atoms with Crippen LogP contribution in [0.3, 0.4) is 0 Å². The van der Waals surface area contributed by atoms with Gasteiger partial charge in [0.1, 0.15) is 11.9 Å². The van der Waals surface area contributed by atoms with Crippen LogP contribution in [0.4, 0.5) is 26.3 Å². The molecule has 0 atom stereocenters. The molecule has 0 saturated carbocycles. The standard InChI is InChI=1S/C10H3F6NO/c11-7-3-5(1-2-6(7)4-17)8(18)9(12,13)10(14,15)16/h1-3H. The third kappa shape index (κ3) is 2.30. The van der Waals surface area contributed by atoms with Crippen molar-refractivity contribution < 1.29 is 31.1 Å². The van der Waals surface area contributed by atoms with Gasteiger partial charge in [-0.1, -0.05) is 0 Å². The lowest BCUT2D eigenvalue weighted by Gasteiger charge is -2.18. The van der Waals surface area contributed by atoms with Gasteiger partial charge in [0.25, 0.3) is 0 Å². The highest BCUT2D eigenvalue weighted by atomic mass is 19.4. The van der Waals surface area contributed by atoms with Crippen LogP contribution in [0.5, 0.6) is 0 Å². The summed E-state index contributed by atoms with van der Waals surface area (Å²) in [4.78, 5) is 10.9. The quantitative estimate of drug-likeness (QED) is 0.610. The Labute approximate surface area is 96.4 Å². The van der Waals surface area contributed by atoms with Gasteiger partial charge in [-0.2, -0.15) is 27.2 Å². The number of carbonyl (C=O) groups excluding carboxylic acids is 1. The first kappa shape index (κ1) is 14.0. The molecule has 0 amide bonds. The lowest BCUT2D eigenvalue weighted by atomic mass is 10.0. The van der Waals surface area contributed by atoms with Crippen molar-refractivity contribution in [2.24, 2.45) is 0 Å². The predicted octanol–water partition coefficient (Wildman–Crippen LogP) is 3.08. The lowest BCUT2D eigenvalue weighted by molar-refractivity contribution is -0.255. The highest BCUT2D eigenvalue weighted by molar-refractivity contribution is 6.02. The number of halogens is 6. The van der Waals surface area contributed by atoms with Gasteiger partial charge in [0.2, 0.25) is 5.78 Å². The van der Waals surface area contributed by atoms with Crippen LogP contribution in [0, 0.1) is 17.1 Å². The van der Waals surface area contributed by atoms with Crippen LogP contribution >= 0.6 is 0 Å². The Morgan fingerprint density at radius 2 is 1.72 bits per heavy atom. The summed E-state index contributed by atoms with van der Waals surface area (Å²) in [6.45, 7) is 0. The Morgan fingerprint density at radius 3 is 2.11 bits per heavy atom. The zero-order valence-corrected chi connectivity index (χ0v) is 8.36. The van der Waals surface area contributed by atoms with Crippen molar-refractivity contribution in [1.29, 1.82) is 5.26 Å². The Hall–Kier alpha value is -2.04. The lowest BCUT2D eigenvalue weighted by Crippen LogP contribution is -2.44.